The fourth-order valence-electron chi connectivity index (χ4n) is 8.36. The molecule has 1 aromatic carbocycles. The van der Waals surface area contributed by atoms with Gasteiger partial charge in [0.25, 0.3) is 11.8 Å². The Morgan fingerprint density at radius 1 is 1.02 bits per heavy atom. The van der Waals surface area contributed by atoms with E-state index >= 15 is 0 Å². The number of rotatable bonds is 12. The van der Waals surface area contributed by atoms with Gasteiger partial charge in [-0.3, -0.25) is 24.0 Å². The third kappa shape index (κ3) is 6.69. The predicted octanol–water partition coefficient (Wildman–Crippen LogP) is 2.56. The van der Waals surface area contributed by atoms with Gasteiger partial charge in [-0.2, -0.15) is 5.10 Å². The molecular weight excluding hydrogens is 699 g/mol. The zero-order valence-electron chi connectivity index (χ0n) is 31.4. The minimum absolute atomic E-state index is 0.00913. The quantitative estimate of drug-likeness (QED) is 0.135. The SMILES string of the molecule is CC[C@@H]1c2c(cnn2C2CN(Cc3cccc(C(=O)N4CC5(COC5)C4)n3)C2)-c2cccc(NC(/C=C(\N)NC(=O)C3CC3)=C(/N)C(=O)NC3CC3)c2N1C. The Hall–Kier alpha value is -5.41. The molecule has 0 bridgehead atoms. The number of anilines is 2. The number of amides is 3. The molecule has 1 spiro atoms. The first-order valence-electron chi connectivity index (χ1n) is 19.4. The van der Waals surface area contributed by atoms with E-state index in [1.807, 2.05) is 41.4 Å². The van der Waals surface area contributed by atoms with Gasteiger partial charge < -0.3 is 42.0 Å². The summed E-state index contributed by atoms with van der Waals surface area (Å²) in [7, 11) is 2.08. The van der Waals surface area contributed by atoms with Gasteiger partial charge in [0.2, 0.25) is 5.91 Å². The maximum Gasteiger partial charge on any atom is 0.272 e. The molecule has 55 heavy (non-hydrogen) atoms. The zero-order chi connectivity index (χ0) is 38.0. The molecule has 4 aliphatic heterocycles. The highest BCUT2D eigenvalue weighted by molar-refractivity contribution is 5.97. The second-order valence-electron chi connectivity index (χ2n) is 16.2. The van der Waals surface area contributed by atoms with Crippen LogP contribution >= 0.6 is 0 Å². The van der Waals surface area contributed by atoms with Gasteiger partial charge in [0, 0.05) is 68.9 Å². The number of hydrogen-bond acceptors (Lipinski definition) is 11. The Balaban J connectivity index is 0.928. The number of ether oxygens (including phenoxy) is 1. The maximum absolute atomic E-state index is 13.2. The summed E-state index contributed by atoms with van der Waals surface area (Å²) in [5.41, 5.74) is 19.6. The van der Waals surface area contributed by atoms with Crippen molar-refractivity contribution in [2.75, 3.05) is 56.7 Å². The number of pyridine rings is 1. The van der Waals surface area contributed by atoms with Crippen LogP contribution in [0.1, 0.15) is 73.0 Å². The number of hydrogen-bond donors (Lipinski definition) is 5. The Labute approximate surface area is 320 Å². The van der Waals surface area contributed by atoms with Crippen LogP contribution in [0, 0.1) is 11.3 Å². The Kier molecular flexibility index (Phi) is 8.80. The molecule has 2 saturated carbocycles. The van der Waals surface area contributed by atoms with E-state index in [2.05, 4.69) is 50.5 Å². The van der Waals surface area contributed by atoms with Crippen molar-refractivity contribution in [1.82, 2.24) is 35.2 Å². The average molecular weight is 748 g/mol. The molecule has 2 aromatic heterocycles. The van der Waals surface area contributed by atoms with Gasteiger partial charge in [-0.15, -0.1) is 0 Å². The van der Waals surface area contributed by atoms with Crippen LogP contribution in [-0.4, -0.2) is 94.8 Å². The zero-order valence-corrected chi connectivity index (χ0v) is 31.4. The normalized spacial score (nSPS) is 22.1. The molecule has 3 amide bonds. The van der Waals surface area contributed by atoms with Crippen LogP contribution in [0.5, 0.6) is 0 Å². The van der Waals surface area contributed by atoms with Crippen molar-refractivity contribution in [2.45, 2.75) is 63.7 Å². The van der Waals surface area contributed by atoms with Crippen molar-refractivity contribution in [1.29, 1.82) is 0 Å². The minimum atomic E-state index is -0.383. The lowest BCUT2D eigenvalue weighted by Crippen LogP contribution is -2.67. The maximum atomic E-state index is 13.2. The number of allylic oxidation sites excluding steroid dienone is 1. The number of para-hydroxylation sites is 1. The fourth-order valence-corrected chi connectivity index (χ4v) is 8.36. The van der Waals surface area contributed by atoms with Gasteiger partial charge in [0.05, 0.1) is 65.4 Å². The summed E-state index contributed by atoms with van der Waals surface area (Å²) in [6.45, 7) is 7.45. The first kappa shape index (κ1) is 35.3. The van der Waals surface area contributed by atoms with Crippen molar-refractivity contribution in [3.8, 4) is 11.1 Å². The average Bonchev–Trinajstić information content (AvgIpc) is 4.07. The van der Waals surface area contributed by atoms with Crippen LogP contribution in [0.2, 0.25) is 0 Å². The second kappa shape index (κ2) is 13.7. The molecule has 288 valence electrons. The minimum Gasteiger partial charge on any atom is -0.393 e. The standard InChI is InChI=1S/C40H49N11O4/c1-3-32-36-28(15-43-51(36)26-17-49(18-26)16-25-6-4-9-30(44-25)39(54)50-19-40(20-50)21-55-22-40)27-7-5-8-29(35(27)48(32)2)46-31(34(42)38(53)45-24-12-13-24)14-33(41)47-37(52)23-10-11-23/h4-9,14-15,23-24,26,32,46H,3,10-13,16-22,41-42H2,1-2H3,(H,45,53)(H,47,52)/b33-14+,34-31+/t32-/m1/s1. The molecule has 3 saturated heterocycles. The lowest BCUT2D eigenvalue weighted by Gasteiger charge is -2.54. The van der Waals surface area contributed by atoms with Gasteiger partial charge in [-0.25, -0.2) is 4.98 Å². The van der Waals surface area contributed by atoms with Crippen LogP contribution < -0.4 is 32.3 Å². The summed E-state index contributed by atoms with van der Waals surface area (Å²) in [6.07, 6.45) is 7.86. The van der Waals surface area contributed by atoms with Gasteiger partial charge in [-0.05, 0) is 50.3 Å². The predicted molar refractivity (Wildman–Crippen MR) is 206 cm³/mol. The topological polar surface area (TPSA) is 189 Å². The molecule has 0 radical (unpaired) electrons. The fraction of sp³-hybridized carbons (Fsp3) is 0.475. The highest BCUT2D eigenvalue weighted by Gasteiger charge is 2.51. The monoisotopic (exact) mass is 747 g/mol. The molecule has 6 heterocycles. The summed E-state index contributed by atoms with van der Waals surface area (Å²) in [6, 6.07) is 12.1. The summed E-state index contributed by atoms with van der Waals surface area (Å²) in [4.78, 5) is 50.0. The number of fused-ring (bicyclic) bond motifs is 3. The van der Waals surface area contributed by atoms with Gasteiger partial charge in [-0.1, -0.05) is 25.1 Å². The molecule has 0 unspecified atom stereocenters. The summed E-state index contributed by atoms with van der Waals surface area (Å²) in [5, 5.41) is 14.1. The van der Waals surface area contributed by atoms with Gasteiger partial charge >= 0.3 is 0 Å². The number of nitrogens with one attached hydrogen (secondary N) is 3. The van der Waals surface area contributed by atoms with E-state index in [4.69, 9.17) is 26.3 Å². The highest BCUT2D eigenvalue weighted by atomic mass is 16.5. The molecule has 6 aliphatic rings. The second-order valence-corrected chi connectivity index (χ2v) is 16.2. The molecule has 5 fully saturated rings. The van der Waals surface area contributed by atoms with Crippen molar-refractivity contribution in [3.05, 3.63) is 83.0 Å². The van der Waals surface area contributed by atoms with Crippen molar-refractivity contribution in [2.24, 2.45) is 22.8 Å². The third-order valence-corrected chi connectivity index (χ3v) is 11.8. The van der Waals surface area contributed by atoms with E-state index in [1.165, 1.54) is 11.8 Å². The number of benzene rings is 1. The van der Waals surface area contributed by atoms with Crippen LogP contribution in [0.4, 0.5) is 11.4 Å². The van der Waals surface area contributed by atoms with Crippen molar-refractivity contribution >= 4 is 29.1 Å². The molecule has 15 heteroatoms. The third-order valence-electron chi connectivity index (χ3n) is 11.8. The van der Waals surface area contributed by atoms with Crippen LogP contribution in [0.25, 0.3) is 11.1 Å². The highest BCUT2D eigenvalue weighted by Crippen LogP contribution is 2.49. The van der Waals surface area contributed by atoms with E-state index in [0.29, 0.717) is 17.9 Å². The Bertz CT molecular complexity index is 2100. The summed E-state index contributed by atoms with van der Waals surface area (Å²) >= 11 is 0. The molecule has 15 nitrogen and oxygen atoms in total. The summed E-state index contributed by atoms with van der Waals surface area (Å²) in [5.74, 6) is -0.435. The first-order chi connectivity index (χ1) is 26.6. The summed E-state index contributed by atoms with van der Waals surface area (Å²) < 4.78 is 7.55. The largest absolute Gasteiger partial charge is 0.393 e. The van der Waals surface area contributed by atoms with E-state index in [-0.39, 0.29) is 58.7 Å². The lowest BCUT2D eigenvalue weighted by atomic mass is 9.78. The van der Waals surface area contributed by atoms with Crippen LogP contribution in [-0.2, 0) is 20.9 Å². The van der Waals surface area contributed by atoms with Crippen molar-refractivity contribution in [3.63, 3.8) is 0 Å². The number of carbonyl (C=O) groups is 3. The van der Waals surface area contributed by atoms with Crippen LogP contribution in [0.15, 0.2) is 65.9 Å². The lowest BCUT2D eigenvalue weighted by molar-refractivity contribution is -0.176. The van der Waals surface area contributed by atoms with Crippen molar-refractivity contribution < 1.29 is 19.1 Å². The molecule has 1 atom stereocenters. The molecule has 3 aromatic rings. The Morgan fingerprint density at radius 2 is 1.78 bits per heavy atom. The van der Waals surface area contributed by atoms with E-state index in [9.17, 15) is 14.4 Å². The molecule has 7 N–H and O–H groups in total. The van der Waals surface area contributed by atoms with Crippen LogP contribution in [0.3, 0.4) is 0 Å². The van der Waals surface area contributed by atoms with E-state index < -0.39 is 0 Å². The molecular formula is C40H49N11O4. The van der Waals surface area contributed by atoms with E-state index in [0.717, 1.165) is 99.7 Å². The molecule has 2 aliphatic carbocycles. The number of aromatic nitrogens is 3. The Morgan fingerprint density at radius 3 is 2.47 bits per heavy atom. The van der Waals surface area contributed by atoms with Gasteiger partial charge in [0.1, 0.15) is 17.2 Å². The number of nitrogens with zero attached hydrogens (tertiary/aromatic N) is 6. The van der Waals surface area contributed by atoms with E-state index in [1.54, 1.807) is 0 Å². The number of nitrogens with two attached hydrogens (primary N) is 2. The number of likely N-dealkylation sites (tertiary alicyclic amines) is 2. The first-order valence-corrected chi connectivity index (χ1v) is 19.4. The smallest absolute Gasteiger partial charge is 0.272 e. The van der Waals surface area contributed by atoms with Gasteiger partial charge in [0.15, 0.2) is 0 Å². The molecule has 9 rings (SSSR count). The number of carbonyl (C=O) groups excluding carboxylic acids is 3.